The largest absolute Gasteiger partial charge is 0.405 e. The van der Waals surface area contributed by atoms with Gasteiger partial charge in [-0.1, -0.05) is 20.8 Å². The van der Waals surface area contributed by atoms with Gasteiger partial charge >= 0.3 is 0 Å². The van der Waals surface area contributed by atoms with Crippen molar-refractivity contribution in [1.82, 2.24) is 4.90 Å². The maximum absolute atomic E-state index is 12.6. The van der Waals surface area contributed by atoms with Gasteiger partial charge in [-0.15, -0.1) is 0 Å². The summed E-state index contributed by atoms with van der Waals surface area (Å²) >= 11 is 0. The molecule has 1 rings (SSSR count). The summed E-state index contributed by atoms with van der Waals surface area (Å²) in [5.74, 6) is 0.171. The lowest BCUT2D eigenvalue weighted by Gasteiger charge is -2.38. The zero-order valence-electron chi connectivity index (χ0n) is 14.1. The van der Waals surface area contributed by atoms with Gasteiger partial charge in [-0.3, -0.25) is 4.79 Å². The average Bonchev–Trinajstić information content (AvgIpc) is 2.37. The highest BCUT2D eigenvalue weighted by molar-refractivity contribution is 6.74. The molecular weight excluding hydrogens is 254 g/mol. The van der Waals surface area contributed by atoms with Crippen molar-refractivity contribution in [2.75, 3.05) is 0 Å². The number of hydrogen-bond donors (Lipinski definition) is 0. The lowest BCUT2D eigenvalue weighted by atomic mass is 10.1. The van der Waals surface area contributed by atoms with Crippen molar-refractivity contribution in [3.63, 3.8) is 0 Å². The Morgan fingerprint density at radius 3 is 1.95 bits per heavy atom. The van der Waals surface area contributed by atoms with Crippen molar-refractivity contribution in [3.05, 3.63) is 0 Å². The maximum Gasteiger partial charge on any atom is 0.251 e. The van der Waals surface area contributed by atoms with Gasteiger partial charge in [0.15, 0.2) is 8.32 Å². The van der Waals surface area contributed by atoms with Gasteiger partial charge in [0.25, 0.3) is 5.91 Å². The third-order valence-electron chi connectivity index (χ3n) is 4.47. The van der Waals surface area contributed by atoms with E-state index in [-0.39, 0.29) is 28.6 Å². The van der Waals surface area contributed by atoms with E-state index in [0.29, 0.717) is 0 Å². The molecule has 3 nitrogen and oxygen atoms in total. The minimum Gasteiger partial charge on any atom is -0.405 e. The molecule has 2 atom stereocenters. The smallest absolute Gasteiger partial charge is 0.251 e. The van der Waals surface area contributed by atoms with Crippen LogP contribution in [0.3, 0.4) is 0 Å². The summed E-state index contributed by atoms with van der Waals surface area (Å²) in [7, 11) is -1.88. The van der Waals surface area contributed by atoms with Crippen LogP contribution in [0.15, 0.2) is 0 Å². The molecule has 0 radical (unpaired) electrons. The highest BCUT2D eigenvalue weighted by Crippen LogP contribution is 2.40. The summed E-state index contributed by atoms with van der Waals surface area (Å²) in [5.41, 5.74) is -0.123. The van der Waals surface area contributed by atoms with E-state index in [1.807, 2.05) is 4.90 Å². The van der Waals surface area contributed by atoms with Crippen molar-refractivity contribution >= 4 is 14.2 Å². The minimum absolute atomic E-state index is 0.123. The van der Waals surface area contributed by atoms with E-state index in [4.69, 9.17) is 4.43 Å². The fourth-order valence-corrected chi connectivity index (χ4v) is 3.77. The number of amides is 1. The number of rotatable bonds is 2. The van der Waals surface area contributed by atoms with E-state index in [2.05, 4.69) is 61.6 Å². The predicted octanol–water partition coefficient (Wildman–Crippen LogP) is 3.80. The van der Waals surface area contributed by atoms with Crippen LogP contribution in [0.1, 0.15) is 54.9 Å². The van der Waals surface area contributed by atoms with Crippen LogP contribution in [0.25, 0.3) is 0 Å². The molecule has 4 heteroatoms. The number of carbonyl (C=O) groups excluding carboxylic acids is 1. The molecule has 0 bridgehead atoms. The van der Waals surface area contributed by atoms with Gasteiger partial charge in [-0.05, 0) is 45.8 Å². The number of carbonyl (C=O) groups is 1. The monoisotopic (exact) mass is 285 g/mol. The molecule has 0 saturated carbocycles. The van der Waals surface area contributed by atoms with E-state index in [1.165, 1.54) is 0 Å². The van der Waals surface area contributed by atoms with Gasteiger partial charge in [-0.25, -0.2) is 0 Å². The molecule has 0 spiro atoms. The molecule has 112 valence electrons. The second kappa shape index (κ2) is 4.88. The van der Waals surface area contributed by atoms with Gasteiger partial charge in [0.1, 0.15) is 6.10 Å². The van der Waals surface area contributed by atoms with Crippen molar-refractivity contribution in [2.45, 2.75) is 90.7 Å². The van der Waals surface area contributed by atoms with E-state index in [9.17, 15) is 4.79 Å². The number of nitrogens with zero attached hydrogens (tertiary/aromatic N) is 1. The Labute approximate surface area is 119 Å². The Balaban J connectivity index is 2.87. The van der Waals surface area contributed by atoms with Crippen LogP contribution in [-0.2, 0) is 9.22 Å². The fourth-order valence-electron chi connectivity index (χ4n) is 2.51. The molecule has 1 fully saturated rings. The van der Waals surface area contributed by atoms with E-state index in [0.717, 1.165) is 6.42 Å². The Bertz CT molecular complexity index is 352. The van der Waals surface area contributed by atoms with E-state index < -0.39 is 8.32 Å². The minimum atomic E-state index is -1.88. The molecule has 0 aromatic carbocycles. The normalized spacial score (nSPS) is 26.2. The van der Waals surface area contributed by atoms with Crippen LogP contribution in [0, 0.1) is 0 Å². The van der Waals surface area contributed by atoms with E-state index >= 15 is 0 Å². The zero-order valence-corrected chi connectivity index (χ0v) is 15.1. The summed E-state index contributed by atoms with van der Waals surface area (Å²) in [5, 5.41) is 0.145. The van der Waals surface area contributed by atoms with Gasteiger partial charge in [0, 0.05) is 18.0 Å². The second-order valence-electron chi connectivity index (χ2n) is 8.33. The maximum atomic E-state index is 12.6. The summed E-state index contributed by atoms with van der Waals surface area (Å²) < 4.78 is 6.32. The highest BCUT2D eigenvalue weighted by atomic mass is 28.4. The molecule has 0 aromatic heterocycles. The lowest BCUT2D eigenvalue weighted by molar-refractivity contribution is -0.138. The third-order valence-corrected chi connectivity index (χ3v) is 8.96. The van der Waals surface area contributed by atoms with Crippen LogP contribution in [0.4, 0.5) is 0 Å². The molecule has 19 heavy (non-hydrogen) atoms. The molecular formula is C15H31NO2Si. The fraction of sp³-hybridized carbons (Fsp3) is 0.933. The molecule has 1 aliphatic heterocycles. The lowest BCUT2D eigenvalue weighted by Crippen LogP contribution is -2.49. The quantitative estimate of drug-likeness (QED) is 0.722. The van der Waals surface area contributed by atoms with Crippen LogP contribution in [0.5, 0.6) is 0 Å². The first-order chi connectivity index (χ1) is 8.27. The van der Waals surface area contributed by atoms with Gasteiger partial charge in [-0.2, -0.15) is 0 Å². The van der Waals surface area contributed by atoms with Gasteiger partial charge in [0.05, 0.1) is 0 Å². The Hall–Kier alpha value is -0.353. The van der Waals surface area contributed by atoms with Crippen LogP contribution >= 0.6 is 0 Å². The Kier molecular flexibility index (Phi) is 4.29. The Morgan fingerprint density at radius 2 is 1.63 bits per heavy atom. The number of hydrogen-bond acceptors (Lipinski definition) is 2. The topological polar surface area (TPSA) is 29.5 Å². The SMILES string of the molecule is C[C@H]1C[C@@H](O[Si](C)(C)C(C)(C)C)C(=O)N1C(C)(C)C. The molecule has 0 aromatic rings. The first kappa shape index (κ1) is 16.7. The summed E-state index contributed by atoms with van der Waals surface area (Å²) in [6.45, 7) is 19.5. The summed E-state index contributed by atoms with van der Waals surface area (Å²) in [4.78, 5) is 14.6. The highest BCUT2D eigenvalue weighted by Gasteiger charge is 2.47. The van der Waals surface area contributed by atoms with Gasteiger partial charge in [0.2, 0.25) is 0 Å². The van der Waals surface area contributed by atoms with Crippen molar-refractivity contribution in [3.8, 4) is 0 Å². The molecule has 1 heterocycles. The Morgan fingerprint density at radius 1 is 1.16 bits per heavy atom. The standard InChI is InChI=1S/C15H31NO2Si/c1-11-10-12(13(17)16(11)14(2,3)4)18-19(8,9)15(5,6)7/h11-12H,10H2,1-9H3/t11-,12+/m0/s1. The second-order valence-corrected chi connectivity index (χ2v) is 13.1. The van der Waals surface area contributed by atoms with Crippen molar-refractivity contribution in [2.24, 2.45) is 0 Å². The third kappa shape index (κ3) is 3.40. The summed E-state index contributed by atoms with van der Waals surface area (Å²) in [6.07, 6.45) is 0.581. The molecule has 1 amide bonds. The van der Waals surface area contributed by atoms with E-state index in [1.54, 1.807) is 0 Å². The van der Waals surface area contributed by atoms with Crippen molar-refractivity contribution in [1.29, 1.82) is 0 Å². The first-order valence-electron chi connectivity index (χ1n) is 7.28. The van der Waals surface area contributed by atoms with Gasteiger partial charge < -0.3 is 9.33 Å². The molecule has 0 unspecified atom stereocenters. The molecule has 1 aliphatic rings. The molecule has 0 aliphatic carbocycles. The molecule has 0 N–H and O–H groups in total. The summed E-state index contributed by atoms with van der Waals surface area (Å²) in [6, 6.07) is 0.266. The molecule has 1 saturated heterocycles. The predicted molar refractivity (Wildman–Crippen MR) is 82.7 cm³/mol. The average molecular weight is 286 g/mol. The van der Waals surface area contributed by atoms with Crippen LogP contribution < -0.4 is 0 Å². The van der Waals surface area contributed by atoms with Crippen LogP contribution in [0.2, 0.25) is 18.1 Å². The van der Waals surface area contributed by atoms with Crippen LogP contribution in [-0.4, -0.2) is 36.8 Å². The first-order valence-corrected chi connectivity index (χ1v) is 10.2. The zero-order chi connectivity index (χ0) is 15.2. The van der Waals surface area contributed by atoms with Crippen molar-refractivity contribution < 1.29 is 9.22 Å². The number of likely N-dealkylation sites (tertiary alicyclic amines) is 1.